The van der Waals surface area contributed by atoms with Crippen LogP contribution in [0.5, 0.6) is 5.75 Å². The lowest BCUT2D eigenvalue weighted by Gasteiger charge is -2.12. The zero-order chi connectivity index (χ0) is 15.6. The van der Waals surface area contributed by atoms with E-state index in [0.717, 1.165) is 28.1 Å². The van der Waals surface area contributed by atoms with Gasteiger partial charge in [0.1, 0.15) is 5.75 Å². The topological polar surface area (TPSA) is 44.1 Å². The van der Waals surface area contributed by atoms with Crippen LogP contribution in [0.15, 0.2) is 24.7 Å². The molecule has 0 fully saturated rings. The second-order valence-corrected chi connectivity index (χ2v) is 5.64. The first-order valence-electron chi connectivity index (χ1n) is 7.13. The normalized spacial score (nSPS) is 11.0. The molecule has 0 amide bonds. The smallest absolute Gasteiger partial charge is 0.166 e. The molecule has 2 aromatic rings. The van der Waals surface area contributed by atoms with E-state index in [2.05, 4.69) is 4.98 Å². The molecule has 0 aliphatic rings. The van der Waals surface area contributed by atoms with E-state index >= 15 is 0 Å². The number of aromatic nitrogens is 2. The average molecular weight is 286 g/mol. The van der Waals surface area contributed by atoms with Gasteiger partial charge in [0.2, 0.25) is 0 Å². The number of nitrogens with zero attached hydrogens (tertiary/aromatic N) is 2. The summed E-state index contributed by atoms with van der Waals surface area (Å²) >= 11 is 0. The monoisotopic (exact) mass is 286 g/mol. The van der Waals surface area contributed by atoms with E-state index < -0.39 is 0 Å². The third-order valence-electron chi connectivity index (χ3n) is 3.64. The first kappa shape index (κ1) is 15.3. The number of Topliss-reactive ketones (excluding diaryl/α,β-unsaturated/α-hetero) is 1. The molecule has 0 spiro atoms. The van der Waals surface area contributed by atoms with E-state index in [1.807, 2.05) is 56.9 Å². The molecule has 0 radical (unpaired) electrons. The summed E-state index contributed by atoms with van der Waals surface area (Å²) in [7, 11) is 1.67. The molecule has 0 aliphatic carbocycles. The molecule has 21 heavy (non-hydrogen) atoms. The van der Waals surface area contributed by atoms with Gasteiger partial charge in [-0.25, -0.2) is 0 Å². The average Bonchev–Trinajstić information content (AvgIpc) is 2.90. The van der Waals surface area contributed by atoms with E-state index in [1.54, 1.807) is 7.11 Å². The maximum absolute atomic E-state index is 12.0. The van der Waals surface area contributed by atoms with E-state index in [1.165, 1.54) is 0 Å². The number of rotatable bonds is 5. The number of hydrogen-bond acceptors (Lipinski definition) is 3. The summed E-state index contributed by atoms with van der Waals surface area (Å²) in [5.74, 6) is 1.06. The molecule has 0 atom stereocenters. The van der Waals surface area contributed by atoms with E-state index in [0.29, 0.717) is 6.54 Å². The molecule has 2 rings (SSSR count). The van der Waals surface area contributed by atoms with Crippen LogP contribution >= 0.6 is 0 Å². The summed E-state index contributed by atoms with van der Waals surface area (Å²) in [6.07, 6.45) is 5.63. The Kier molecular flexibility index (Phi) is 4.46. The SMILES string of the molecule is COc1c(C)cnc(Cn2ccc(C(=O)C(C)C)c2)c1C. The van der Waals surface area contributed by atoms with Gasteiger partial charge in [0.25, 0.3) is 0 Å². The highest BCUT2D eigenvalue weighted by Crippen LogP contribution is 2.24. The lowest BCUT2D eigenvalue weighted by molar-refractivity contribution is 0.0939. The molecule has 4 heteroatoms. The van der Waals surface area contributed by atoms with Gasteiger partial charge in [-0.05, 0) is 19.9 Å². The Balaban J connectivity index is 2.25. The molecule has 0 aliphatic heterocycles. The first-order valence-corrected chi connectivity index (χ1v) is 7.13. The van der Waals surface area contributed by atoms with Crippen molar-refractivity contribution in [2.45, 2.75) is 34.2 Å². The summed E-state index contributed by atoms with van der Waals surface area (Å²) in [6.45, 7) is 8.45. The fourth-order valence-corrected chi connectivity index (χ4v) is 2.42. The van der Waals surface area contributed by atoms with Crippen molar-refractivity contribution in [1.29, 1.82) is 0 Å². The van der Waals surface area contributed by atoms with Crippen LogP contribution in [0.1, 0.15) is 41.0 Å². The molecule has 4 nitrogen and oxygen atoms in total. The maximum Gasteiger partial charge on any atom is 0.166 e. The van der Waals surface area contributed by atoms with Gasteiger partial charge in [0, 0.05) is 41.2 Å². The summed E-state index contributed by atoms with van der Waals surface area (Å²) in [5, 5.41) is 0. The number of ether oxygens (including phenoxy) is 1. The molecule has 2 aromatic heterocycles. The maximum atomic E-state index is 12.0. The molecular weight excluding hydrogens is 264 g/mol. The van der Waals surface area contributed by atoms with Gasteiger partial charge in [-0.3, -0.25) is 9.78 Å². The second-order valence-electron chi connectivity index (χ2n) is 5.64. The Bertz CT molecular complexity index is 657. The van der Waals surface area contributed by atoms with Crippen molar-refractivity contribution in [2.24, 2.45) is 5.92 Å². The Morgan fingerprint density at radius 3 is 2.71 bits per heavy atom. The van der Waals surface area contributed by atoms with Crippen LogP contribution in [0.4, 0.5) is 0 Å². The van der Waals surface area contributed by atoms with Gasteiger partial charge in [-0.2, -0.15) is 0 Å². The minimum atomic E-state index is 0.0141. The van der Waals surface area contributed by atoms with Crippen molar-refractivity contribution in [3.05, 3.63) is 47.0 Å². The Morgan fingerprint density at radius 1 is 1.38 bits per heavy atom. The third kappa shape index (κ3) is 3.15. The highest BCUT2D eigenvalue weighted by molar-refractivity contribution is 5.97. The van der Waals surface area contributed by atoms with E-state index in [9.17, 15) is 4.79 Å². The van der Waals surface area contributed by atoms with Crippen LogP contribution in [0.3, 0.4) is 0 Å². The second kappa shape index (κ2) is 6.12. The van der Waals surface area contributed by atoms with Crippen molar-refractivity contribution >= 4 is 5.78 Å². The fraction of sp³-hybridized carbons (Fsp3) is 0.412. The van der Waals surface area contributed by atoms with Crippen molar-refractivity contribution in [3.63, 3.8) is 0 Å². The lowest BCUT2D eigenvalue weighted by atomic mass is 10.0. The summed E-state index contributed by atoms with van der Waals surface area (Å²) in [4.78, 5) is 16.5. The van der Waals surface area contributed by atoms with Crippen LogP contribution < -0.4 is 4.74 Å². The van der Waals surface area contributed by atoms with Crippen molar-refractivity contribution in [2.75, 3.05) is 7.11 Å². The molecule has 0 aromatic carbocycles. The van der Waals surface area contributed by atoms with Crippen molar-refractivity contribution in [3.8, 4) is 5.75 Å². The highest BCUT2D eigenvalue weighted by Gasteiger charge is 2.13. The molecule has 0 saturated heterocycles. The quantitative estimate of drug-likeness (QED) is 0.791. The van der Waals surface area contributed by atoms with Gasteiger partial charge >= 0.3 is 0 Å². The van der Waals surface area contributed by atoms with Crippen LogP contribution in [0, 0.1) is 19.8 Å². The minimum Gasteiger partial charge on any atom is -0.496 e. The summed E-state index contributed by atoms with van der Waals surface area (Å²) in [5.41, 5.74) is 3.78. The van der Waals surface area contributed by atoms with E-state index in [4.69, 9.17) is 4.74 Å². The van der Waals surface area contributed by atoms with Gasteiger partial charge < -0.3 is 9.30 Å². The van der Waals surface area contributed by atoms with Crippen molar-refractivity contribution in [1.82, 2.24) is 9.55 Å². The number of aryl methyl sites for hydroxylation is 1. The van der Waals surface area contributed by atoms with E-state index in [-0.39, 0.29) is 11.7 Å². The molecule has 0 N–H and O–H groups in total. The number of pyridine rings is 1. The summed E-state index contributed by atoms with van der Waals surface area (Å²) < 4.78 is 7.41. The number of ketones is 1. The Labute approximate surface area is 125 Å². The minimum absolute atomic E-state index is 0.0141. The molecule has 0 bridgehead atoms. The Hall–Kier alpha value is -2.10. The van der Waals surface area contributed by atoms with Crippen LogP contribution in [0.2, 0.25) is 0 Å². The number of carbonyl (C=O) groups is 1. The molecule has 0 saturated carbocycles. The van der Waals surface area contributed by atoms with Crippen LogP contribution in [0.25, 0.3) is 0 Å². The fourth-order valence-electron chi connectivity index (χ4n) is 2.42. The predicted molar refractivity (Wildman–Crippen MR) is 83.0 cm³/mol. The van der Waals surface area contributed by atoms with Gasteiger partial charge in [0.15, 0.2) is 5.78 Å². The van der Waals surface area contributed by atoms with Gasteiger partial charge in [-0.15, -0.1) is 0 Å². The zero-order valence-electron chi connectivity index (χ0n) is 13.3. The molecule has 2 heterocycles. The number of carbonyl (C=O) groups excluding carboxylic acids is 1. The molecule has 0 unspecified atom stereocenters. The third-order valence-corrected chi connectivity index (χ3v) is 3.64. The first-order chi connectivity index (χ1) is 9.93. The van der Waals surface area contributed by atoms with Crippen LogP contribution in [-0.2, 0) is 6.54 Å². The Morgan fingerprint density at radius 2 is 2.10 bits per heavy atom. The zero-order valence-corrected chi connectivity index (χ0v) is 13.3. The number of hydrogen-bond donors (Lipinski definition) is 0. The van der Waals surface area contributed by atoms with Crippen LogP contribution in [-0.4, -0.2) is 22.4 Å². The van der Waals surface area contributed by atoms with Gasteiger partial charge in [-0.1, -0.05) is 13.8 Å². The standard InChI is InChI=1S/C17H22N2O2/c1-11(2)16(20)14-6-7-19(9-14)10-15-13(4)17(21-5)12(3)8-18-15/h6-9,11H,10H2,1-5H3. The lowest BCUT2D eigenvalue weighted by Crippen LogP contribution is -2.07. The predicted octanol–water partition coefficient (Wildman–Crippen LogP) is 3.40. The number of methoxy groups -OCH3 is 1. The van der Waals surface area contributed by atoms with Gasteiger partial charge in [0.05, 0.1) is 19.3 Å². The largest absolute Gasteiger partial charge is 0.496 e. The molecular formula is C17H22N2O2. The molecule has 112 valence electrons. The summed E-state index contributed by atoms with van der Waals surface area (Å²) in [6, 6.07) is 1.86. The highest BCUT2D eigenvalue weighted by atomic mass is 16.5. The van der Waals surface area contributed by atoms with Crippen molar-refractivity contribution < 1.29 is 9.53 Å².